The van der Waals surface area contributed by atoms with Gasteiger partial charge in [0.1, 0.15) is 4.21 Å². The van der Waals surface area contributed by atoms with Gasteiger partial charge < -0.3 is 5.32 Å². The van der Waals surface area contributed by atoms with E-state index in [1.54, 1.807) is 29.9 Å². The molecule has 0 radical (unpaired) electrons. The monoisotopic (exact) mass is 434 g/mol. The van der Waals surface area contributed by atoms with Crippen LogP contribution in [0.25, 0.3) is 11.3 Å². The minimum Gasteiger partial charge on any atom is -0.302 e. The van der Waals surface area contributed by atoms with Crippen molar-refractivity contribution < 1.29 is 13.2 Å². The van der Waals surface area contributed by atoms with Crippen LogP contribution in [0.15, 0.2) is 51.6 Å². The number of hydrogen-bond donors (Lipinski definition) is 1. The molecule has 28 heavy (non-hydrogen) atoms. The number of carbonyl (C=O) groups is 1. The van der Waals surface area contributed by atoms with E-state index >= 15 is 0 Å². The number of rotatable bonds is 5. The molecule has 146 valence electrons. The predicted molar refractivity (Wildman–Crippen MR) is 110 cm³/mol. The van der Waals surface area contributed by atoms with Crippen molar-refractivity contribution in [1.82, 2.24) is 14.3 Å². The lowest BCUT2D eigenvalue weighted by Crippen LogP contribution is -2.43. The molecule has 1 amide bonds. The number of aromatic nitrogens is 2. The Balaban J connectivity index is 1.43. The van der Waals surface area contributed by atoms with E-state index in [0.29, 0.717) is 28.7 Å². The van der Waals surface area contributed by atoms with Crippen LogP contribution in [-0.4, -0.2) is 41.7 Å². The largest absolute Gasteiger partial charge is 0.302 e. The maximum atomic E-state index is 12.7. The second kappa shape index (κ2) is 8.08. The first-order chi connectivity index (χ1) is 13.5. The Morgan fingerprint density at radius 2 is 2.04 bits per heavy atom. The summed E-state index contributed by atoms with van der Waals surface area (Å²) < 4.78 is 27.2. The number of nitrogens with one attached hydrogen (secondary N) is 1. The molecule has 0 spiro atoms. The Morgan fingerprint density at radius 1 is 1.21 bits per heavy atom. The van der Waals surface area contributed by atoms with Gasteiger partial charge in [-0.2, -0.15) is 4.31 Å². The molecule has 1 atom stereocenters. The molecule has 1 saturated heterocycles. The van der Waals surface area contributed by atoms with Crippen molar-refractivity contribution in [2.24, 2.45) is 5.92 Å². The number of sulfonamides is 1. The highest BCUT2D eigenvalue weighted by Gasteiger charge is 2.34. The third-order valence-corrected chi connectivity index (χ3v) is 8.55. The highest BCUT2D eigenvalue weighted by molar-refractivity contribution is 7.91. The van der Waals surface area contributed by atoms with E-state index in [-0.39, 0.29) is 12.5 Å². The first kappa shape index (κ1) is 19.2. The first-order valence-corrected chi connectivity index (χ1v) is 11.9. The standard InChI is InChI=1S/C18H18N4O3S3/c23-17(21-18-20-15(12-27-18)13-5-7-19-8-6-13)14-3-1-9-22(11-14)28(24,25)16-4-2-10-26-16/h2,4-8,10,12,14H,1,3,9,11H2,(H,20,21,23)/t14-/m0/s1. The van der Waals surface area contributed by atoms with E-state index in [1.165, 1.54) is 27.0 Å². The lowest BCUT2D eigenvalue weighted by Gasteiger charge is -2.30. The number of anilines is 1. The third kappa shape index (κ3) is 4.00. The van der Waals surface area contributed by atoms with Crippen molar-refractivity contribution in [1.29, 1.82) is 0 Å². The van der Waals surface area contributed by atoms with E-state index in [1.807, 2.05) is 17.5 Å². The third-order valence-electron chi connectivity index (χ3n) is 4.55. The molecule has 7 nitrogen and oxygen atoms in total. The molecule has 0 unspecified atom stereocenters. The Bertz CT molecular complexity index is 1050. The van der Waals surface area contributed by atoms with Crippen molar-refractivity contribution in [3.63, 3.8) is 0 Å². The number of amides is 1. The topological polar surface area (TPSA) is 92.3 Å². The summed E-state index contributed by atoms with van der Waals surface area (Å²) in [5.74, 6) is -0.585. The molecule has 0 saturated carbocycles. The number of thiazole rings is 1. The lowest BCUT2D eigenvalue weighted by atomic mass is 9.99. The molecular weight excluding hydrogens is 416 g/mol. The molecule has 1 fully saturated rings. The summed E-state index contributed by atoms with van der Waals surface area (Å²) in [5, 5.41) is 6.97. The van der Waals surface area contributed by atoms with Crippen LogP contribution >= 0.6 is 22.7 Å². The van der Waals surface area contributed by atoms with Gasteiger partial charge in [-0.25, -0.2) is 13.4 Å². The van der Waals surface area contributed by atoms with Crippen LogP contribution in [0.1, 0.15) is 12.8 Å². The van der Waals surface area contributed by atoms with Crippen LogP contribution in [0.3, 0.4) is 0 Å². The van der Waals surface area contributed by atoms with Crippen molar-refractivity contribution in [3.05, 3.63) is 47.4 Å². The summed E-state index contributed by atoms with van der Waals surface area (Å²) >= 11 is 2.54. The van der Waals surface area contributed by atoms with E-state index in [2.05, 4.69) is 15.3 Å². The Hall–Kier alpha value is -2.14. The summed E-state index contributed by atoms with van der Waals surface area (Å²) in [5.41, 5.74) is 1.70. The van der Waals surface area contributed by atoms with Crippen LogP contribution in [0.2, 0.25) is 0 Å². The number of piperidine rings is 1. The van der Waals surface area contributed by atoms with E-state index in [9.17, 15) is 13.2 Å². The van der Waals surface area contributed by atoms with Gasteiger partial charge in [-0.05, 0) is 36.4 Å². The van der Waals surface area contributed by atoms with Crippen molar-refractivity contribution in [2.75, 3.05) is 18.4 Å². The second-order valence-electron chi connectivity index (χ2n) is 6.40. The molecule has 4 heterocycles. The summed E-state index contributed by atoms with van der Waals surface area (Å²) in [6, 6.07) is 7.03. The molecule has 4 rings (SSSR count). The van der Waals surface area contributed by atoms with Gasteiger partial charge in [0.2, 0.25) is 5.91 Å². The Kier molecular flexibility index (Phi) is 5.54. The zero-order chi connectivity index (χ0) is 19.6. The minimum absolute atomic E-state index is 0.189. The molecule has 1 N–H and O–H groups in total. The van der Waals surface area contributed by atoms with Gasteiger partial charge in [-0.3, -0.25) is 9.78 Å². The molecule has 10 heteroatoms. The predicted octanol–water partition coefficient (Wildman–Crippen LogP) is 3.31. The molecule has 0 aliphatic carbocycles. The molecule has 0 bridgehead atoms. The van der Waals surface area contributed by atoms with Gasteiger partial charge in [0.05, 0.1) is 11.6 Å². The number of hydrogen-bond acceptors (Lipinski definition) is 7. The van der Waals surface area contributed by atoms with Crippen LogP contribution in [0.5, 0.6) is 0 Å². The van der Waals surface area contributed by atoms with Crippen LogP contribution < -0.4 is 5.32 Å². The molecule has 3 aromatic heterocycles. The molecule has 3 aromatic rings. The van der Waals surface area contributed by atoms with E-state index < -0.39 is 15.9 Å². The first-order valence-electron chi connectivity index (χ1n) is 8.74. The average Bonchev–Trinajstić information content (AvgIpc) is 3.41. The lowest BCUT2D eigenvalue weighted by molar-refractivity contribution is -0.120. The van der Waals surface area contributed by atoms with Crippen molar-refractivity contribution in [3.8, 4) is 11.3 Å². The fourth-order valence-electron chi connectivity index (χ4n) is 3.11. The number of thiophene rings is 1. The van der Waals surface area contributed by atoms with Crippen molar-refractivity contribution in [2.45, 2.75) is 17.1 Å². The van der Waals surface area contributed by atoms with Crippen molar-refractivity contribution >= 4 is 43.7 Å². The summed E-state index contributed by atoms with van der Waals surface area (Å²) in [4.78, 5) is 21.1. The number of pyridine rings is 1. The van der Waals surface area contributed by atoms with Crippen LogP contribution in [-0.2, 0) is 14.8 Å². The second-order valence-corrected chi connectivity index (χ2v) is 10.4. The molecule has 1 aliphatic rings. The zero-order valence-corrected chi connectivity index (χ0v) is 17.3. The Morgan fingerprint density at radius 3 is 2.79 bits per heavy atom. The van der Waals surface area contributed by atoms with Crippen LogP contribution in [0, 0.1) is 5.92 Å². The van der Waals surface area contributed by atoms with Gasteiger partial charge in [0, 0.05) is 36.4 Å². The fourth-order valence-corrected chi connectivity index (χ4v) is 6.50. The summed E-state index contributed by atoms with van der Waals surface area (Å²) in [6.07, 6.45) is 4.70. The summed E-state index contributed by atoms with van der Waals surface area (Å²) in [6.45, 7) is 0.627. The molecular formula is C18H18N4O3S3. The van der Waals surface area contributed by atoms with Crippen LogP contribution in [0.4, 0.5) is 5.13 Å². The normalized spacial score (nSPS) is 18.1. The van der Waals surface area contributed by atoms with Gasteiger partial charge in [-0.15, -0.1) is 22.7 Å². The average molecular weight is 435 g/mol. The highest BCUT2D eigenvalue weighted by atomic mass is 32.2. The smallest absolute Gasteiger partial charge is 0.252 e. The Labute approximate surface area is 171 Å². The summed E-state index contributed by atoms with van der Waals surface area (Å²) in [7, 11) is -3.54. The number of carbonyl (C=O) groups excluding carboxylic acids is 1. The molecule has 1 aliphatic heterocycles. The van der Waals surface area contributed by atoms with Gasteiger partial charge in [0.15, 0.2) is 5.13 Å². The van der Waals surface area contributed by atoms with E-state index in [4.69, 9.17) is 0 Å². The van der Waals surface area contributed by atoms with Gasteiger partial charge in [-0.1, -0.05) is 6.07 Å². The quantitative estimate of drug-likeness (QED) is 0.665. The van der Waals surface area contributed by atoms with Gasteiger partial charge in [0.25, 0.3) is 10.0 Å². The van der Waals surface area contributed by atoms with Gasteiger partial charge >= 0.3 is 0 Å². The minimum atomic E-state index is -3.54. The highest BCUT2D eigenvalue weighted by Crippen LogP contribution is 2.28. The number of nitrogens with zero attached hydrogens (tertiary/aromatic N) is 3. The SMILES string of the molecule is O=C(Nc1nc(-c2ccncc2)cs1)[C@H]1CCCN(S(=O)(=O)c2cccs2)C1. The maximum Gasteiger partial charge on any atom is 0.252 e. The maximum absolute atomic E-state index is 12.7. The van der Waals surface area contributed by atoms with E-state index in [0.717, 1.165) is 11.3 Å². The zero-order valence-electron chi connectivity index (χ0n) is 14.8. The fraction of sp³-hybridized carbons (Fsp3) is 0.278. The molecule has 0 aromatic carbocycles.